The van der Waals surface area contributed by atoms with Gasteiger partial charge in [0.25, 0.3) is 0 Å². The molecule has 10 aromatic rings. The van der Waals surface area contributed by atoms with E-state index in [4.69, 9.17) is 14.4 Å². The standard InChI is InChI=1S/C53H37N3OS/c1-4-39(56-47-23-13-12-22-45(47)55-53(56)36-16-6-5-7-17-36)29-26-34(2)37(32-35(3)38-28-31-49-43(33-38)40-18-9-14-24-48(40)57-49)27-30-46-51-42-20-10-15-25-50(42)58-52(51)41-19-8-11-21-44(41)54-46/h4-33H,2-3H2,1H3/b29-26-,30-27+,37-32+,39-4+. The van der Waals surface area contributed by atoms with Crippen LogP contribution < -0.4 is 0 Å². The van der Waals surface area contributed by atoms with Crippen molar-refractivity contribution in [2.45, 2.75) is 6.92 Å². The molecule has 0 fully saturated rings. The van der Waals surface area contributed by atoms with Crippen LogP contribution in [0.1, 0.15) is 18.2 Å². The number of hydrogen-bond donors (Lipinski definition) is 0. The Morgan fingerprint density at radius 1 is 0.655 bits per heavy atom. The minimum atomic E-state index is 0.824. The van der Waals surface area contributed by atoms with Crippen molar-refractivity contribution in [1.82, 2.24) is 14.5 Å². The molecule has 0 bridgehead atoms. The maximum atomic E-state index is 6.15. The number of imidazole rings is 1. The second kappa shape index (κ2) is 14.6. The van der Waals surface area contributed by atoms with E-state index in [9.17, 15) is 0 Å². The van der Waals surface area contributed by atoms with E-state index >= 15 is 0 Å². The van der Waals surface area contributed by atoms with Crippen molar-refractivity contribution >= 4 is 92.7 Å². The molecule has 0 spiro atoms. The van der Waals surface area contributed by atoms with Gasteiger partial charge < -0.3 is 4.42 Å². The molecular formula is C53H37N3OS. The summed E-state index contributed by atoms with van der Waals surface area (Å²) in [4.78, 5) is 10.3. The summed E-state index contributed by atoms with van der Waals surface area (Å²) in [7, 11) is 0. The summed E-state index contributed by atoms with van der Waals surface area (Å²) in [5.41, 5.74) is 11.2. The van der Waals surface area contributed by atoms with Crippen LogP contribution >= 0.6 is 11.3 Å². The second-order valence-corrected chi connectivity index (χ2v) is 15.3. The van der Waals surface area contributed by atoms with E-state index in [1.54, 1.807) is 0 Å². The highest BCUT2D eigenvalue weighted by Gasteiger charge is 2.16. The van der Waals surface area contributed by atoms with Crippen LogP contribution in [0.3, 0.4) is 0 Å². The molecule has 0 N–H and O–H groups in total. The lowest BCUT2D eigenvalue weighted by Gasteiger charge is -2.11. The molecule has 0 aliphatic carbocycles. The van der Waals surface area contributed by atoms with Crippen LogP contribution in [0.5, 0.6) is 0 Å². The predicted octanol–water partition coefficient (Wildman–Crippen LogP) is 14.8. The average Bonchev–Trinajstić information content (AvgIpc) is 3.97. The first kappa shape index (κ1) is 35.1. The number of nitrogens with zero attached hydrogens (tertiary/aromatic N) is 3. The Morgan fingerprint density at radius 3 is 2.21 bits per heavy atom. The highest BCUT2D eigenvalue weighted by atomic mass is 32.1. The molecule has 58 heavy (non-hydrogen) atoms. The van der Waals surface area contributed by atoms with E-state index in [2.05, 4.69) is 158 Å². The third-order valence-corrected chi connectivity index (χ3v) is 11.9. The van der Waals surface area contributed by atoms with Crippen molar-refractivity contribution in [3.63, 3.8) is 0 Å². The molecule has 4 nitrogen and oxygen atoms in total. The first-order chi connectivity index (χ1) is 28.5. The van der Waals surface area contributed by atoms with Crippen molar-refractivity contribution in [3.8, 4) is 11.4 Å². The monoisotopic (exact) mass is 763 g/mol. The van der Waals surface area contributed by atoms with Gasteiger partial charge in [-0.1, -0.05) is 135 Å². The SMILES string of the molecule is C=C(/C=C\C(=C/C)n1c(-c2ccccc2)nc2ccccc21)C(/C=C/c1nc2ccccc2c2sc3ccccc3c12)=C/C(=C)c1ccc2oc3ccccc3c2c1. The van der Waals surface area contributed by atoms with Gasteiger partial charge in [0.15, 0.2) is 0 Å². The number of hydrogen-bond acceptors (Lipinski definition) is 4. The number of allylic oxidation sites excluding steroid dienone is 9. The Labute approximate surface area is 340 Å². The van der Waals surface area contributed by atoms with E-state index in [-0.39, 0.29) is 0 Å². The van der Waals surface area contributed by atoms with Crippen molar-refractivity contribution in [1.29, 1.82) is 0 Å². The Hall–Kier alpha value is -7.34. The molecule has 0 unspecified atom stereocenters. The molecule has 0 amide bonds. The van der Waals surface area contributed by atoms with Crippen LogP contribution in [0.2, 0.25) is 0 Å². The molecule has 4 heterocycles. The number of benzene rings is 6. The third-order valence-electron chi connectivity index (χ3n) is 10.7. The van der Waals surface area contributed by atoms with Gasteiger partial charge in [-0.3, -0.25) is 4.57 Å². The smallest absolute Gasteiger partial charge is 0.145 e. The normalized spacial score (nSPS) is 12.8. The summed E-state index contributed by atoms with van der Waals surface area (Å²) in [5.74, 6) is 0.880. The van der Waals surface area contributed by atoms with Gasteiger partial charge in [0, 0.05) is 47.6 Å². The molecule has 0 aliphatic rings. The molecule has 0 radical (unpaired) electrons. The first-order valence-corrected chi connectivity index (χ1v) is 20.1. The van der Waals surface area contributed by atoms with Crippen molar-refractivity contribution in [2.24, 2.45) is 0 Å². The summed E-state index contributed by atoms with van der Waals surface area (Å²) in [6, 6.07) is 50.0. The second-order valence-electron chi connectivity index (χ2n) is 14.3. The number of furan rings is 1. The van der Waals surface area contributed by atoms with Gasteiger partial charge >= 0.3 is 0 Å². The fourth-order valence-corrected chi connectivity index (χ4v) is 9.07. The first-order valence-electron chi connectivity index (χ1n) is 19.3. The fraction of sp³-hybridized carbons (Fsp3) is 0.0189. The Morgan fingerprint density at radius 2 is 1.36 bits per heavy atom. The van der Waals surface area contributed by atoms with Gasteiger partial charge in [-0.2, -0.15) is 0 Å². The Bertz CT molecular complexity index is 3390. The van der Waals surface area contributed by atoms with Crippen molar-refractivity contribution in [3.05, 3.63) is 212 Å². The van der Waals surface area contributed by atoms with Crippen LogP contribution in [0.25, 0.3) is 92.8 Å². The van der Waals surface area contributed by atoms with Gasteiger partial charge in [0.05, 0.1) is 22.2 Å². The fourth-order valence-electron chi connectivity index (χ4n) is 7.82. The molecule has 6 aromatic carbocycles. The highest BCUT2D eigenvalue weighted by Crippen LogP contribution is 2.40. The van der Waals surface area contributed by atoms with E-state index in [1.165, 1.54) is 14.8 Å². The summed E-state index contributed by atoms with van der Waals surface area (Å²) in [5, 5.41) is 5.66. The van der Waals surface area contributed by atoms with Crippen LogP contribution in [0, 0.1) is 0 Å². The zero-order valence-corrected chi connectivity index (χ0v) is 32.7. The van der Waals surface area contributed by atoms with E-state index in [0.717, 1.165) is 94.3 Å². The van der Waals surface area contributed by atoms with Crippen molar-refractivity contribution in [2.75, 3.05) is 0 Å². The summed E-state index contributed by atoms with van der Waals surface area (Å²) in [6.45, 7) is 11.3. The Kier molecular flexibility index (Phi) is 8.85. The predicted molar refractivity (Wildman–Crippen MR) is 248 cm³/mol. The Balaban J connectivity index is 1.09. The lowest BCUT2D eigenvalue weighted by Crippen LogP contribution is -1.98. The maximum Gasteiger partial charge on any atom is 0.145 e. The zero-order chi connectivity index (χ0) is 39.2. The lowest BCUT2D eigenvalue weighted by atomic mass is 9.98. The van der Waals surface area contributed by atoms with E-state index in [0.29, 0.717) is 0 Å². The molecule has 0 aliphatic heterocycles. The van der Waals surface area contributed by atoms with E-state index in [1.807, 2.05) is 59.9 Å². The quantitative estimate of drug-likeness (QED) is 0.138. The van der Waals surface area contributed by atoms with Crippen LogP contribution in [-0.2, 0) is 0 Å². The van der Waals surface area contributed by atoms with E-state index < -0.39 is 0 Å². The molecule has 5 heteroatoms. The minimum Gasteiger partial charge on any atom is -0.456 e. The highest BCUT2D eigenvalue weighted by molar-refractivity contribution is 7.26. The molecule has 10 rings (SSSR count). The van der Waals surface area contributed by atoms with Gasteiger partial charge in [0.2, 0.25) is 0 Å². The molecule has 0 saturated carbocycles. The average molecular weight is 764 g/mol. The largest absolute Gasteiger partial charge is 0.456 e. The zero-order valence-electron chi connectivity index (χ0n) is 31.9. The molecular weight excluding hydrogens is 727 g/mol. The number of aromatic nitrogens is 3. The number of para-hydroxylation sites is 4. The number of rotatable bonds is 9. The third kappa shape index (κ3) is 6.19. The van der Waals surface area contributed by atoms with Gasteiger partial charge in [0.1, 0.15) is 17.0 Å². The van der Waals surface area contributed by atoms with Crippen LogP contribution in [0.15, 0.2) is 205 Å². The van der Waals surface area contributed by atoms with Crippen LogP contribution in [0.4, 0.5) is 0 Å². The maximum absolute atomic E-state index is 6.15. The number of fused-ring (bicyclic) bond motifs is 9. The summed E-state index contributed by atoms with van der Waals surface area (Å²) < 4.78 is 10.8. The number of thiophene rings is 1. The van der Waals surface area contributed by atoms with Gasteiger partial charge in [-0.05, 0) is 89.9 Å². The van der Waals surface area contributed by atoms with Crippen molar-refractivity contribution < 1.29 is 4.42 Å². The summed E-state index contributed by atoms with van der Waals surface area (Å²) >= 11 is 1.82. The summed E-state index contributed by atoms with van der Waals surface area (Å²) in [6.07, 6.45) is 12.7. The molecule has 276 valence electrons. The van der Waals surface area contributed by atoms with Gasteiger partial charge in [-0.25, -0.2) is 9.97 Å². The molecule has 0 atom stereocenters. The minimum absolute atomic E-state index is 0.824. The van der Waals surface area contributed by atoms with Gasteiger partial charge in [-0.15, -0.1) is 11.3 Å². The molecule has 0 saturated heterocycles. The number of pyridine rings is 1. The topological polar surface area (TPSA) is 43.9 Å². The lowest BCUT2D eigenvalue weighted by molar-refractivity contribution is 0.669. The van der Waals surface area contributed by atoms with Crippen LogP contribution in [-0.4, -0.2) is 14.5 Å². The molecule has 4 aromatic heterocycles.